The van der Waals surface area contributed by atoms with E-state index in [4.69, 9.17) is 4.42 Å². The second kappa shape index (κ2) is 7.64. The Balaban J connectivity index is 1.55. The van der Waals surface area contributed by atoms with Gasteiger partial charge in [-0.3, -0.25) is 14.5 Å². The summed E-state index contributed by atoms with van der Waals surface area (Å²) >= 11 is 1.43. The third kappa shape index (κ3) is 3.31. The van der Waals surface area contributed by atoms with Gasteiger partial charge >= 0.3 is 0 Å². The summed E-state index contributed by atoms with van der Waals surface area (Å²) in [5.41, 5.74) is 2.64. The van der Waals surface area contributed by atoms with E-state index in [1.165, 1.54) is 16.7 Å². The molecule has 2 aromatic carbocycles. The SMILES string of the molecule is O=C1CN(C(=O)c2oc3ccccc3c2CSc2ncccn2)c2ccccc2N1. The van der Waals surface area contributed by atoms with Crippen LogP contribution in [-0.2, 0) is 10.5 Å². The number of carbonyl (C=O) groups is 2. The number of carbonyl (C=O) groups excluding carboxylic acids is 2. The van der Waals surface area contributed by atoms with Crippen molar-refractivity contribution in [1.82, 2.24) is 9.97 Å². The minimum atomic E-state index is -0.349. The van der Waals surface area contributed by atoms with Crippen LogP contribution in [0.15, 0.2) is 76.6 Å². The summed E-state index contributed by atoms with van der Waals surface area (Å²) in [6.07, 6.45) is 3.36. The van der Waals surface area contributed by atoms with E-state index in [1.807, 2.05) is 42.5 Å². The molecule has 0 atom stereocenters. The van der Waals surface area contributed by atoms with Gasteiger partial charge in [-0.1, -0.05) is 42.1 Å². The number of furan rings is 1. The Bertz CT molecular complexity index is 1260. The molecule has 2 amide bonds. The third-order valence-electron chi connectivity index (χ3n) is 4.80. The number of nitrogens with one attached hydrogen (secondary N) is 1. The van der Waals surface area contributed by atoms with Gasteiger partial charge in [-0.15, -0.1) is 0 Å². The Morgan fingerprint density at radius 2 is 1.83 bits per heavy atom. The van der Waals surface area contributed by atoms with Crippen LogP contribution in [0.25, 0.3) is 11.0 Å². The number of para-hydroxylation sites is 3. The molecule has 0 unspecified atom stereocenters. The minimum Gasteiger partial charge on any atom is -0.451 e. The number of hydrogen-bond acceptors (Lipinski definition) is 6. The number of rotatable bonds is 4. The maximum absolute atomic E-state index is 13.5. The van der Waals surface area contributed by atoms with Crippen molar-refractivity contribution in [3.05, 3.63) is 78.3 Å². The van der Waals surface area contributed by atoms with E-state index in [1.54, 1.807) is 24.5 Å². The molecule has 0 radical (unpaired) electrons. The van der Waals surface area contributed by atoms with Gasteiger partial charge in [0, 0.05) is 29.1 Å². The maximum Gasteiger partial charge on any atom is 0.294 e. The molecule has 148 valence electrons. The van der Waals surface area contributed by atoms with Gasteiger partial charge in [-0.05, 0) is 24.3 Å². The predicted molar refractivity (Wildman–Crippen MR) is 115 cm³/mol. The van der Waals surface area contributed by atoms with E-state index in [-0.39, 0.29) is 24.1 Å². The van der Waals surface area contributed by atoms with Crippen molar-refractivity contribution in [3.63, 3.8) is 0 Å². The van der Waals surface area contributed by atoms with Crippen molar-refractivity contribution < 1.29 is 14.0 Å². The van der Waals surface area contributed by atoms with E-state index in [0.29, 0.717) is 27.9 Å². The fourth-order valence-electron chi connectivity index (χ4n) is 3.45. The molecule has 1 N–H and O–H groups in total. The summed E-state index contributed by atoms with van der Waals surface area (Å²) < 4.78 is 5.98. The first-order valence-electron chi connectivity index (χ1n) is 9.31. The summed E-state index contributed by atoms with van der Waals surface area (Å²) in [5.74, 6) is 0.0954. The van der Waals surface area contributed by atoms with Crippen molar-refractivity contribution in [1.29, 1.82) is 0 Å². The quantitative estimate of drug-likeness (QED) is 0.398. The Kier molecular flexibility index (Phi) is 4.68. The normalized spacial score (nSPS) is 13.2. The average molecular weight is 416 g/mol. The molecule has 30 heavy (non-hydrogen) atoms. The Labute approximate surface area is 176 Å². The molecule has 8 heteroatoms. The molecule has 0 saturated heterocycles. The highest BCUT2D eigenvalue weighted by atomic mass is 32.2. The second-order valence-electron chi connectivity index (χ2n) is 6.68. The fraction of sp³-hybridized carbons (Fsp3) is 0.0909. The molecule has 4 aromatic rings. The number of anilines is 2. The van der Waals surface area contributed by atoms with Crippen molar-refractivity contribution >= 4 is 45.9 Å². The van der Waals surface area contributed by atoms with Crippen LogP contribution in [0.2, 0.25) is 0 Å². The number of thioether (sulfide) groups is 1. The summed E-state index contributed by atoms with van der Waals surface area (Å²) in [6, 6.07) is 16.5. The van der Waals surface area contributed by atoms with Gasteiger partial charge < -0.3 is 9.73 Å². The van der Waals surface area contributed by atoms with Crippen LogP contribution < -0.4 is 10.2 Å². The van der Waals surface area contributed by atoms with Crippen molar-refractivity contribution in [3.8, 4) is 0 Å². The molecule has 0 bridgehead atoms. The van der Waals surface area contributed by atoms with Crippen LogP contribution in [0.5, 0.6) is 0 Å². The van der Waals surface area contributed by atoms with E-state index >= 15 is 0 Å². The van der Waals surface area contributed by atoms with E-state index in [2.05, 4.69) is 15.3 Å². The van der Waals surface area contributed by atoms with Crippen LogP contribution in [0.3, 0.4) is 0 Å². The van der Waals surface area contributed by atoms with E-state index in [0.717, 1.165) is 10.9 Å². The highest BCUT2D eigenvalue weighted by Gasteiger charge is 2.31. The molecule has 1 aliphatic rings. The lowest BCUT2D eigenvalue weighted by atomic mass is 10.1. The predicted octanol–water partition coefficient (Wildman–Crippen LogP) is 4.11. The maximum atomic E-state index is 13.5. The second-order valence-corrected chi connectivity index (χ2v) is 7.63. The van der Waals surface area contributed by atoms with Crippen LogP contribution in [0.1, 0.15) is 16.1 Å². The third-order valence-corrected chi connectivity index (χ3v) is 5.70. The Morgan fingerprint density at radius 1 is 1.07 bits per heavy atom. The lowest BCUT2D eigenvalue weighted by molar-refractivity contribution is -0.115. The number of fused-ring (bicyclic) bond motifs is 2. The molecule has 3 heterocycles. The standard InChI is InChI=1S/C22H16N4O3S/c27-19-12-26(17-8-3-2-7-16(17)25-19)21(28)20-15(13-30-22-23-10-5-11-24-22)14-6-1-4-9-18(14)29-20/h1-11H,12-13H2,(H,25,27). The van der Waals surface area contributed by atoms with Crippen molar-refractivity contribution in [2.45, 2.75) is 10.9 Å². The molecule has 5 rings (SSSR count). The molecule has 1 aliphatic heterocycles. The molecular weight excluding hydrogens is 400 g/mol. The van der Waals surface area contributed by atoms with Gasteiger partial charge in [0.1, 0.15) is 12.1 Å². The monoisotopic (exact) mass is 416 g/mol. The van der Waals surface area contributed by atoms with Gasteiger partial charge in [0.25, 0.3) is 5.91 Å². The summed E-state index contributed by atoms with van der Waals surface area (Å²) in [4.78, 5) is 35.6. The number of amides is 2. The van der Waals surface area contributed by atoms with Gasteiger partial charge in [0.2, 0.25) is 5.91 Å². The molecule has 0 spiro atoms. The largest absolute Gasteiger partial charge is 0.451 e. The molecule has 0 fully saturated rings. The first-order valence-corrected chi connectivity index (χ1v) is 10.3. The van der Waals surface area contributed by atoms with Crippen molar-refractivity contribution in [2.24, 2.45) is 0 Å². The zero-order valence-electron chi connectivity index (χ0n) is 15.7. The van der Waals surface area contributed by atoms with Gasteiger partial charge in [-0.25, -0.2) is 9.97 Å². The lowest BCUT2D eigenvalue weighted by Gasteiger charge is -2.28. The van der Waals surface area contributed by atoms with Gasteiger partial charge in [0.15, 0.2) is 10.9 Å². The number of benzene rings is 2. The number of hydrogen-bond donors (Lipinski definition) is 1. The highest BCUT2D eigenvalue weighted by Crippen LogP contribution is 2.35. The highest BCUT2D eigenvalue weighted by molar-refractivity contribution is 7.98. The Morgan fingerprint density at radius 3 is 2.70 bits per heavy atom. The van der Waals surface area contributed by atoms with Gasteiger partial charge in [0.05, 0.1) is 11.4 Å². The van der Waals surface area contributed by atoms with Crippen LogP contribution >= 0.6 is 11.8 Å². The van der Waals surface area contributed by atoms with Crippen molar-refractivity contribution in [2.75, 3.05) is 16.8 Å². The average Bonchev–Trinajstić information content (AvgIpc) is 3.16. The number of nitrogens with zero attached hydrogens (tertiary/aromatic N) is 3. The molecular formula is C22H16N4O3S. The summed E-state index contributed by atoms with van der Waals surface area (Å²) in [7, 11) is 0. The topological polar surface area (TPSA) is 88.3 Å². The zero-order chi connectivity index (χ0) is 20.5. The zero-order valence-corrected chi connectivity index (χ0v) is 16.6. The number of aromatic nitrogens is 2. The molecule has 2 aromatic heterocycles. The van der Waals surface area contributed by atoms with Gasteiger partial charge in [-0.2, -0.15) is 0 Å². The minimum absolute atomic E-state index is 0.0682. The lowest BCUT2D eigenvalue weighted by Crippen LogP contribution is -2.42. The molecule has 7 nitrogen and oxygen atoms in total. The smallest absolute Gasteiger partial charge is 0.294 e. The first kappa shape index (κ1) is 18.4. The first-order chi connectivity index (χ1) is 14.7. The fourth-order valence-corrected chi connectivity index (χ4v) is 4.28. The van der Waals surface area contributed by atoms with E-state index < -0.39 is 0 Å². The van der Waals surface area contributed by atoms with E-state index in [9.17, 15) is 9.59 Å². The van der Waals surface area contributed by atoms with Crippen LogP contribution in [0, 0.1) is 0 Å². The molecule has 0 saturated carbocycles. The van der Waals surface area contributed by atoms with Crippen LogP contribution in [-0.4, -0.2) is 28.3 Å². The Hall–Kier alpha value is -3.65. The van der Waals surface area contributed by atoms with Crippen LogP contribution in [0.4, 0.5) is 11.4 Å². The summed E-state index contributed by atoms with van der Waals surface area (Å²) in [6.45, 7) is -0.0682. The summed E-state index contributed by atoms with van der Waals surface area (Å²) in [5, 5.41) is 4.27. The molecule has 0 aliphatic carbocycles.